The molecule has 0 aliphatic carbocycles. The van der Waals surface area contributed by atoms with Gasteiger partial charge in [-0.3, -0.25) is 0 Å². The molecule has 8 nitrogen and oxygen atoms in total. The van der Waals surface area contributed by atoms with Gasteiger partial charge in [0.05, 0.1) is 24.0 Å². The zero-order valence-electron chi connectivity index (χ0n) is 13.1. The van der Waals surface area contributed by atoms with Gasteiger partial charge in [0.25, 0.3) is 0 Å². The van der Waals surface area contributed by atoms with Crippen LogP contribution in [0.4, 0.5) is 0 Å². The second-order valence-corrected chi connectivity index (χ2v) is 7.71. The predicted molar refractivity (Wildman–Crippen MR) is 84.5 cm³/mol. The second kappa shape index (κ2) is 6.25. The molecule has 3 aliphatic rings. The van der Waals surface area contributed by atoms with E-state index >= 15 is 0 Å². The Bertz CT molecular complexity index is 651. The van der Waals surface area contributed by atoms with Gasteiger partial charge in [0.2, 0.25) is 0 Å². The number of aromatic nitrogens is 2. The highest BCUT2D eigenvalue weighted by molar-refractivity contribution is 7.99. The first-order chi connectivity index (χ1) is 11.6. The maximum atomic E-state index is 11.5. The largest absolute Gasteiger partial charge is 0.421 e. The summed E-state index contributed by atoms with van der Waals surface area (Å²) in [7, 11) is 1.68. The Morgan fingerprint density at radius 3 is 2.88 bits per heavy atom. The normalized spacial score (nSPS) is 30.6. The van der Waals surface area contributed by atoms with Gasteiger partial charge < -0.3 is 14.2 Å². The van der Waals surface area contributed by atoms with E-state index in [4.69, 9.17) is 14.2 Å². The van der Waals surface area contributed by atoms with Crippen molar-refractivity contribution in [3.63, 3.8) is 0 Å². The van der Waals surface area contributed by atoms with Crippen molar-refractivity contribution in [1.29, 1.82) is 0 Å². The van der Waals surface area contributed by atoms with Crippen molar-refractivity contribution in [2.45, 2.75) is 29.7 Å². The predicted octanol–water partition coefficient (Wildman–Crippen LogP) is 0.840. The molecule has 4 heterocycles. The molecule has 1 spiro atoms. The third-order valence-electron chi connectivity index (χ3n) is 4.78. The number of nitrogens with zero attached hydrogens (tertiary/aromatic N) is 3. The number of rotatable bonds is 5. The van der Waals surface area contributed by atoms with Crippen LogP contribution in [0.5, 0.6) is 0 Å². The van der Waals surface area contributed by atoms with Crippen LogP contribution in [0.25, 0.3) is 0 Å². The third kappa shape index (κ3) is 2.61. The first-order valence-electron chi connectivity index (χ1n) is 7.78. The van der Waals surface area contributed by atoms with Gasteiger partial charge >= 0.3 is 17.8 Å². The van der Waals surface area contributed by atoms with Gasteiger partial charge in [0.1, 0.15) is 5.03 Å². The number of hydrogen-bond donors (Lipinski definition) is 0. The first kappa shape index (κ1) is 16.2. The summed E-state index contributed by atoms with van der Waals surface area (Å²) in [5.41, 5.74) is 1.00. The van der Waals surface area contributed by atoms with Crippen LogP contribution < -0.4 is 0 Å². The molecule has 3 fully saturated rings. The fourth-order valence-corrected chi connectivity index (χ4v) is 5.31. The summed E-state index contributed by atoms with van der Waals surface area (Å²) in [6, 6.07) is 0. The van der Waals surface area contributed by atoms with Crippen molar-refractivity contribution in [1.82, 2.24) is 13.6 Å². The van der Waals surface area contributed by atoms with Crippen molar-refractivity contribution in [2.75, 3.05) is 32.6 Å². The Hall–Kier alpha value is -1.23. The summed E-state index contributed by atoms with van der Waals surface area (Å²) in [6.45, 7) is 2.04. The minimum atomic E-state index is -1.20. The first-order valence-corrected chi connectivity index (χ1v) is 9.50. The molecule has 1 aromatic rings. The van der Waals surface area contributed by atoms with E-state index in [-0.39, 0.29) is 5.92 Å². The molecular weight excluding hydrogens is 354 g/mol. The zero-order valence-corrected chi connectivity index (χ0v) is 14.7. The van der Waals surface area contributed by atoms with Crippen molar-refractivity contribution < 1.29 is 23.8 Å². The number of thioether (sulfide) groups is 1. The number of methoxy groups -OCH3 is 1. The maximum absolute atomic E-state index is 11.5. The van der Waals surface area contributed by atoms with E-state index in [1.807, 2.05) is 4.90 Å². The van der Waals surface area contributed by atoms with Gasteiger partial charge in [-0.2, -0.15) is 8.75 Å². The van der Waals surface area contributed by atoms with Crippen molar-refractivity contribution in [2.24, 2.45) is 5.92 Å². The summed E-state index contributed by atoms with van der Waals surface area (Å²) in [6.07, 6.45) is 1.33. The zero-order chi connectivity index (χ0) is 16.7. The molecule has 0 saturated carbocycles. The van der Waals surface area contributed by atoms with Crippen LogP contribution >= 0.6 is 23.5 Å². The Labute approximate surface area is 147 Å². The third-order valence-corrected chi connectivity index (χ3v) is 6.39. The summed E-state index contributed by atoms with van der Waals surface area (Å²) >= 11 is 2.87. The molecule has 130 valence electrons. The van der Waals surface area contributed by atoms with Gasteiger partial charge in [-0.15, -0.1) is 11.8 Å². The molecule has 10 heteroatoms. The lowest BCUT2D eigenvalue weighted by Crippen LogP contribution is -2.51. The fourth-order valence-electron chi connectivity index (χ4n) is 3.64. The van der Waals surface area contributed by atoms with Crippen LogP contribution in [0.1, 0.15) is 24.5 Å². The van der Waals surface area contributed by atoms with Crippen LogP contribution in [0.15, 0.2) is 5.03 Å². The quantitative estimate of drug-likeness (QED) is 0.323. The van der Waals surface area contributed by atoms with E-state index in [1.165, 1.54) is 11.7 Å². The molecule has 2 bridgehead atoms. The van der Waals surface area contributed by atoms with E-state index < -0.39 is 17.8 Å². The molecule has 24 heavy (non-hydrogen) atoms. The minimum absolute atomic E-state index is 0.214. The maximum Gasteiger partial charge on any atom is 0.421 e. The van der Waals surface area contributed by atoms with Crippen LogP contribution in [0.2, 0.25) is 0 Å². The topological polar surface area (TPSA) is 90.9 Å². The molecule has 0 radical (unpaired) electrons. The lowest BCUT2D eigenvalue weighted by molar-refractivity contribution is -0.257. The highest BCUT2D eigenvalue weighted by Gasteiger charge is 2.59. The molecule has 3 atom stereocenters. The van der Waals surface area contributed by atoms with Crippen LogP contribution in [-0.4, -0.2) is 64.1 Å². The summed E-state index contributed by atoms with van der Waals surface area (Å²) in [4.78, 5) is 24.9. The van der Waals surface area contributed by atoms with Gasteiger partial charge in [0.15, 0.2) is 0 Å². The van der Waals surface area contributed by atoms with E-state index in [1.54, 1.807) is 18.9 Å². The van der Waals surface area contributed by atoms with Crippen LogP contribution in [-0.2, 0) is 23.8 Å². The summed E-state index contributed by atoms with van der Waals surface area (Å²) in [5, 5.41) is 0.949. The van der Waals surface area contributed by atoms with E-state index in [9.17, 15) is 9.59 Å². The Morgan fingerprint density at radius 2 is 2.12 bits per heavy atom. The van der Waals surface area contributed by atoms with E-state index in [0.29, 0.717) is 25.5 Å². The molecule has 0 N–H and O–H groups in total. The molecule has 0 amide bonds. The number of esters is 2. The molecule has 3 unspecified atom stereocenters. The summed E-state index contributed by atoms with van der Waals surface area (Å²) < 4.78 is 24.5. The molecule has 4 rings (SSSR count). The highest BCUT2D eigenvalue weighted by Crippen LogP contribution is 2.48. The molecule has 1 aromatic heterocycles. The fraction of sp³-hybridized carbons (Fsp3) is 0.714. The second-order valence-electron chi connectivity index (χ2n) is 6.10. The smallest absolute Gasteiger partial charge is 0.400 e. The average molecular weight is 371 g/mol. The molecule has 3 aliphatic heterocycles. The standard InChI is InChI=1S/C14H17N3O5S2/c1-20-4-5-23-11-10(15-24-16-11)9-7-17-6-8(9)2-3-14(17)21-12(18)13(19)22-14/h8-9H,2-7H2,1H3. The average Bonchev–Trinajstić information content (AvgIpc) is 3.22. The summed E-state index contributed by atoms with van der Waals surface area (Å²) in [5.74, 6) is -1.56. The highest BCUT2D eigenvalue weighted by atomic mass is 32.2. The van der Waals surface area contributed by atoms with E-state index in [2.05, 4.69) is 8.75 Å². The van der Waals surface area contributed by atoms with Gasteiger partial charge in [-0.1, -0.05) is 0 Å². The SMILES string of the molecule is COCCSc1nsnc1C1CN2CC1CCC21OC(=O)C(=O)O1. The Kier molecular flexibility index (Phi) is 4.23. The van der Waals surface area contributed by atoms with Gasteiger partial charge in [-0.25, -0.2) is 14.5 Å². The Balaban J connectivity index is 1.51. The Morgan fingerprint density at radius 1 is 1.33 bits per heavy atom. The lowest BCUT2D eigenvalue weighted by Gasteiger charge is -2.37. The van der Waals surface area contributed by atoms with Crippen molar-refractivity contribution >= 4 is 35.4 Å². The molecular formula is C14H17N3O5S2. The number of piperidine rings is 1. The van der Waals surface area contributed by atoms with E-state index in [0.717, 1.165) is 29.4 Å². The van der Waals surface area contributed by atoms with Crippen LogP contribution in [0.3, 0.4) is 0 Å². The number of ether oxygens (including phenoxy) is 3. The number of fused-ring (bicyclic) bond motifs is 3. The number of hydrogen-bond acceptors (Lipinski definition) is 10. The molecule has 3 saturated heterocycles. The van der Waals surface area contributed by atoms with Gasteiger partial charge in [0, 0.05) is 38.3 Å². The monoisotopic (exact) mass is 371 g/mol. The van der Waals surface area contributed by atoms with Crippen LogP contribution in [0, 0.1) is 5.92 Å². The minimum Gasteiger partial charge on any atom is -0.400 e. The van der Waals surface area contributed by atoms with Crippen molar-refractivity contribution in [3.05, 3.63) is 5.69 Å². The number of carbonyl (C=O) groups is 2. The number of carbonyl (C=O) groups excluding carboxylic acids is 2. The van der Waals surface area contributed by atoms with Crippen molar-refractivity contribution in [3.8, 4) is 0 Å². The lowest BCUT2D eigenvalue weighted by atomic mass is 9.88. The van der Waals surface area contributed by atoms with Gasteiger partial charge in [-0.05, 0) is 12.3 Å². The molecule has 0 aromatic carbocycles.